The normalized spacial score (nSPS) is 11.0. The molecular weight excluding hydrogens is 326 g/mol. The zero-order chi connectivity index (χ0) is 18.0. The Labute approximate surface area is 141 Å². The molecule has 0 aliphatic rings. The van der Waals surface area contributed by atoms with Crippen molar-refractivity contribution in [1.82, 2.24) is 4.98 Å². The number of aromatic hydroxyl groups is 1. The van der Waals surface area contributed by atoms with Gasteiger partial charge in [-0.3, -0.25) is 20.2 Å². The number of fused-ring (bicyclic) bond motifs is 1. The number of phenols is 1. The second-order valence-corrected chi connectivity index (χ2v) is 5.14. The molecule has 0 saturated carbocycles. The summed E-state index contributed by atoms with van der Waals surface area (Å²) in [7, 11) is 0. The van der Waals surface area contributed by atoms with Crippen molar-refractivity contribution in [1.29, 1.82) is 0 Å². The van der Waals surface area contributed by atoms with Gasteiger partial charge in [0, 0.05) is 17.5 Å². The molecule has 8 nitrogen and oxygen atoms in total. The van der Waals surface area contributed by atoms with Crippen LogP contribution in [0.25, 0.3) is 23.1 Å². The van der Waals surface area contributed by atoms with Crippen LogP contribution in [0, 0.1) is 20.2 Å². The Morgan fingerprint density at radius 2 is 1.52 bits per heavy atom. The van der Waals surface area contributed by atoms with Crippen LogP contribution >= 0.6 is 0 Å². The molecule has 2 aromatic carbocycles. The van der Waals surface area contributed by atoms with E-state index in [0.717, 1.165) is 5.39 Å². The number of nitrogens with zero attached hydrogens (tertiary/aromatic N) is 3. The summed E-state index contributed by atoms with van der Waals surface area (Å²) < 4.78 is 0. The molecule has 0 fully saturated rings. The number of pyridine rings is 1. The molecule has 8 heteroatoms. The second kappa shape index (κ2) is 6.36. The van der Waals surface area contributed by atoms with E-state index < -0.39 is 9.85 Å². The maximum atomic E-state index is 11.1. The smallest absolute Gasteiger partial charge is 0.283 e. The fourth-order valence-corrected chi connectivity index (χ4v) is 2.44. The van der Waals surface area contributed by atoms with E-state index in [1.165, 1.54) is 36.4 Å². The highest BCUT2D eigenvalue weighted by Gasteiger charge is 2.22. The number of phenolic OH excluding ortho intramolecular Hbond substituents is 1. The molecule has 25 heavy (non-hydrogen) atoms. The number of rotatable bonds is 4. The van der Waals surface area contributed by atoms with Crippen molar-refractivity contribution in [3.05, 3.63) is 80.0 Å². The van der Waals surface area contributed by atoms with Gasteiger partial charge in [0.2, 0.25) is 0 Å². The van der Waals surface area contributed by atoms with E-state index in [-0.39, 0.29) is 22.7 Å². The zero-order valence-electron chi connectivity index (χ0n) is 12.7. The van der Waals surface area contributed by atoms with E-state index in [9.17, 15) is 25.3 Å². The van der Waals surface area contributed by atoms with Gasteiger partial charge in [0.05, 0.1) is 15.5 Å². The largest absolute Gasteiger partial charge is 0.506 e. The Bertz CT molecular complexity index is 998. The molecule has 3 rings (SSSR count). The van der Waals surface area contributed by atoms with E-state index >= 15 is 0 Å². The summed E-state index contributed by atoms with van der Waals surface area (Å²) in [6, 6.07) is 12.0. The van der Waals surface area contributed by atoms with Crippen LogP contribution in [-0.2, 0) is 0 Å². The topological polar surface area (TPSA) is 119 Å². The Balaban J connectivity index is 2.09. The Hall–Kier alpha value is -3.81. The van der Waals surface area contributed by atoms with Crippen LogP contribution in [0.1, 0.15) is 11.3 Å². The number of hydrogen-bond acceptors (Lipinski definition) is 6. The fourth-order valence-electron chi connectivity index (χ4n) is 2.44. The highest BCUT2D eigenvalue weighted by atomic mass is 16.6. The maximum absolute atomic E-state index is 11.1. The van der Waals surface area contributed by atoms with Crippen molar-refractivity contribution in [2.24, 2.45) is 0 Å². The van der Waals surface area contributed by atoms with Gasteiger partial charge in [0.25, 0.3) is 11.4 Å². The third-order valence-corrected chi connectivity index (χ3v) is 3.59. The van der Waals surface area contributed by atoms with Crippen molar-refractivity contribution in [2.45, 2.75) is 0 Å². The summed E-state index contributed by atoms with van der Waals surface area (Å²) >= 11 is 0. The molecule has 0 saturated heterocycles. The number of aromatic nitrogens is 1. The first-order chi connectivity index (χ1) is 12.0. The number of nitro benzene ring substituents is 2. The van der Waals surface area contributed by atoms with Gasteiger partial charge in [-0.2, -0.15) is 0 Å². The summed E-state index contributed by atoms with van der Waals surface area (Å²) in [5.41, 5.74) is -0.0667. The third-order valence-electron chi connectivity index (χ3n) is 3.59. The summed E-state index contributed by atoms with van der Waals surface area (Å²) in [5.74, 6) is 0.00409. The third kappa shape index (κ3) is 3.13. The molecule has 0 atom stereocenters. The van der Waals surface area contributed by atoms with Crippen LogP contribution in [0.15, 0.2) is 48.5 Å². The van der Waals surface area contributed by atoms with Crippen molar-refractivity contribution >= 4 is 34.4 Å². The second-order valence-electron chi connectivity index (χ2n) is 5.14. The molecule has 1 N–H and O–H groups in total. The molecule has 1 aromatic heterocycles. The number of nitro groups is 2. The molecule has 0 aliphatic heterocycles. The van der Waals surface area contributed by atoms with Crippen molar-refractivity contribution in [3.8, 4) is 5.75 Å². The first-order valence-electron chi connectivity index (χ1n) is 7.16. The van der Waals surface area contributed by atoms with Crippen LogP contribution in [-0.4, -0.2) is 19.9 Å². The van der Waals surface area contributed by atoms with E-state index in [4.69, 9.17) is 0 Å². The predicted octanol–water partition coefficient (Wildman–Crippen LogP) is 3.93. The minimum Gasteiger partial charge on any atom is -0.506 e. The van der Waals surface area contributed by atoms with Gasteiger partial charge in [-0.15, -0.1) is 0 Å². The molecular formula is C17H11N3O5. The van der Waals surface area contributed by atoms with Gasteiger partial charge < -0.3 is 5.11 Å². The molecule has 0 spiro atoms. The van der Waals surface area contributed by atoms with Crippen LogP contribution in [0.2, 0.25) is 0 Å². The van der Waals surface area contributed by atoms with Crippen molar-refractivity contribution < 1.29 is 15.0 Å². The van der Waals surface area contributed by atoms with Crippen LogP contribution < -0.4 is 0 Å². The minimum atomic E-state index is -0.674. The SMILES string of the molecule is O=[N+]([O-])c1cccc([N+](=O)[O-])c1/C=C/c1ccc2cccc(O)c2n1. The van der Waals surface area contributed by atoms with Gasteiger partial charge in [0.15, 0.2) is 0 Å². The molecule has 0 radical (unpaired) electrons. The molecule has 3 aromatic rings. The Morgan fingerprint density at radius 3 is 2.16 bits per heavy atom. The fraction of sp³-hybridized carbons (Fsp3) is 0. The minimum absolute atomic E-state index is 0.00409. The Morgan fingerprint density at radius 1 is 0.880 bits per heavy atom. The Kier molecular flexibility index (Phi) is 4.09. The molecule has 1 heterocycles. The van der Waals surface area contributed by atoms with Gasteiger partial charge in [-0.05, 0) is 30.4 Å². The molecule has 0 aliphatic carbocycles. The first kappa shape index (κ1) is 16.1. The maximum Gasteiger partial charge on any atom is 0.283 e. The highest BCUT2D eigenvalue weighted by molar-refractivity contribution is 5.86. The van der Waals surface area contributed by atoms with Gasteiger partial charge in [-0.1, -0.05) is 18.2 Å². The lowest BCUT2D eigenvalue weighted by Gasteiger charge is -2.02. The van der Waals surface area contributed by atoms with Crippen molar-refractivity contribution in [3.63, 3.8) is 0 Å². The lowest BCUT2D eigenvalue weighted by molar-refractivity contribution is -0.394. The monoisotopic (exact) mass is 337 g/mol. The molecule has 124 valence electrons. The average Bonchev–Trinajstić information content (AvgIpc) is 2.60. The lowest BCUT2D eigenvalue weighted by atomic mass is 10.1. The van der Waals surface area contributed by atoms with Crippen LogP contribution in [0.3, 0.4) is 0 Å². The molecule has 0 unspecified atom stereocenters. The summed E-state index contributed by atoms with van der Waals surface area (Å²) in [4.78, 5) is 25.2. The van der Waals surface area contributed by atoms with Gasteiger partial charge >= 0.3 is 0 Å². The average molecular weight is 337 g/mol. The highest BCUT2D eigenvalue weighted by Crippen LogP contribution is 2.30. The van der Waals surface area contributed by atoms with E-state index in [0.29, 0.717) is 11.2 Å². The van der Waals surface area contributed by atoms with E-state index in [1.807, 2.05) is 0 Å². The zero-order valence-corrected chi connectivity index (χ0v) is 12.7. The quantitative estimate of drug-likeness (QED) is 0.569. The molecule has 0 amide bonds. The lowest BCUT2D eigenvalue weighted by Crippen LogP contribution is -1.97. The predicted molar refractivity (Wildman–Crippen MR) is 92.1 cm³/mol. The standard InChI is InChI=1S/C17H11N3O5/c21-16-6-1-3-11-7-8-12(18-17(11)16)9-10-13-14(19(22)23)4-2-5-15(13)20(24)25/h1-10,21H/b10-9+. The first-order valence-corrected chi connectivity index (χ1v) is 7.16. The van der Waals surface area contributed by atoms with Crippen LogP contribution in [0.5, 0.6) is 5.75 Å². The van der Waals surface area contributed by atoms with Crippen molar-refractivity contribution in [2.75, 3.05) is 0 Å². The van der Waals surface area contributed by atoms with E-state index in [1.54, 1.807) is 24.3 Å². The summed E-state index contributed by atoms with van der Waals surface area (Å²) in [6.45, 7) is 0. The number of benzene rings is 2. The van der Waals surface area contributed by atoms with Gasteiger partial charge in [0.1, 0.15) is 16.8 Å². The molecule has 0 bridgehead atoms. The van der Waals surface area contributed by atoms with E-state index in [2.05, 4.69) is 4.98 Å². The van der Waals surface area contributed by atoms with Gasteiger partial charge in [-0.25, -0.2) is 4.98 Å². The number of para-hydroxylation sites is 1. The summed E-state index contributed by atoms with van der Waals surface area (Å²) in [6.07, 6.45) is 2.71. The number of hydrogen-bond donors (Lipinski definition) is 1. The summed E-state index contributed by atoms with van der Waals surface area (Å²) in [5, 5.41) is 32.8. The van der Waals surface area contributed by atoms with Crippen LogP contribution in [0.4, 0.5) is 11.4 Å².